The number of fused-ring (bicyclic) bond motifs is 1. The molecule has 5 heteroatoms. The lowest BCUT2D eigenvalue weighted by molar-refractivity contribution is 0.219. The highest BCUT2D eigenvalue weighted by Gasteiger charge is 2.14. The third-order valence-electron chi connectivity index (χ3n) is 3.70. The molecule has 2 aromatic rings. The number of nitrogens with zero attached hydrogens (tertiary/aromatic N) is 2. The van der Waals surface area contributed by atoms with Crippen molar-refractivity contribution in [2.45, 2.75) is 13.1 Å². The summed E-state index contributed by atoms with van der Waals surface area (Å²) in [6.45, 7) is 3.79. The molecule has 0 atom stereocenters. The molecule has 0 saturated heterocycles. The smallest absolute Gasteiger partial charge is 0.250 e. The molecule has 1 aromatic heterocycles. The van der Waals surface area contributed by atoms with E-state index < -0.39 is 0 Å². The van der Waals surface area contributed by atoms with E-state index >= 15 is 0 Å². The van der Waals surface area contributed by atoms with Crippen LogP contribution in [-0.4, -0.2) is 29.2 Å². The van der Waals surface area contributed by atoms with Gasteiger partial charge in [0.25, 0.3) is 5.56 Å². The SMILES string of the molecule is Nc1ccc(=O)n(CCN2CCOc3ccccc3C2)c1. The molecule has 0 aliphatic carbocycles. The molecule has 0 saturated carbocycles. The van der Waals surface area contributed by atoms with E-state index in [2.05, 4.69) is 11.0 Å². The van der Waals surface area contributed by atoms with Crippen LogP contribution >= 0.6 is 0 Å². The molecule has 0 bridgehead atoms. The van der Waals surface area contributed by atoms with Crippen LogP contribution in [0.25, 0.3) is 0 Å². The molecule has 110 valence electrons. The lowest BCUT2D eigenvalue weighted by atomic mass is 10.2. The number of nitrogen functional groups attached to an aromatic ring is 1. The second-order valence-corrected chi connectivity index (χ2v) is 5.23. The van der Waals surface area contributed by atoms with Crippen LogP contribution in [-0.2, 0) is 13.1 Å². The Labute approximate surface area is 123 Å². The van der Waals surface area contributed by atoms with Gasteiger partial charge >= 0.3 is 0 Å². The average Bonchev–Trinajstić information content (AvgIpc) is 2.70. The standard InChI is InChI=1S/C16H19N3O2/c17-14-5-6-16(20)19(12-14)8-7-18-9-10-21-15-4-2-1-3-13(15)11-18/h1-6,12H,7-11,17H2. The third kappa shape index (κ3) is 3.25. The van der Waals surface area contributed by atoms with Crippen molar-refractivity contribution in [3.63, 3.8) is 0 Å². The molecule has 2 N–H and O–H groups in total. The number of hydrogen-bond acceptors (Lipinski definition) is 4. The lowest BCUT2D eigenvalue weighted by Crippen LogP contribution is -2.32. The Balaban J connectivity index is 1.68. The molecule has 1 aliphatic rings. The number of benzene rings is 1. The van der Waals surface area contributed by atoms with Crippen molar-refractivity contribution in [1.82, 2.24) is 9.47 Å². The molecule has 0 amide bonds. The Kier molecular flexibility index (Phi) is 3.92. The van der Waals surface area contributed by atoms with Gasteiger partial charge in [0.2, 0.25) is 0 Å². The van der Waals surface area contributed by atoms with Crippen molar-refractivity contribution in [2.75, 3.05) is 25.4 Å². The van der Waals surface area contributed by atoms with Gasteiger partial charge in [-0.15, -0.1) is 0 Å². The summed E-state index contributed by atoms with van der Waals surface area (Å²) in [7, 11) is 0. The highest BCUT2D eigenvalue weighted by atomic mass is 16.5. The second kappa shape index (κ2) is 6.01. The number of para-hydroxylation sites is 1. The summed E-state index contributed by atoms with van der Waals surface area (Å²) in [6.07, 6.45) is 1.70. The molecule has 2 heterocycles. The Morgan fingerprint density at radius 3 is 2.90 bits per heavy atom. The maximum absolute atomic E-state index is 11.8. The second-order valence-electron chi connectivity index (χ2n) is 5.23. The monoisotopic (exact) mass is 285 g/mol. The number of ether oxygens (including phenoxy) is 1. The van der Waals surface area contributed by atoms with Crippen molar-refractivity contribution >= 4 is 5.69 Å². The number of aromatic nitrogens is 1. The first-order valence-corrected chi connectivity index (χ1v) is 7.11. The van der Waals surface area contributed by atoms with Crippen LogP contribution in [0.4, 0.5) is 5.69 Å². The fourth-order valence-corrected chi connectivity index (χ4v) is 2.54. The van der Waals surface area contributed by atoms with E-state index in [0.29, 0.717) is 18.8 Å². The number of rotatable bonds is 3. The highest BCUT2D eigenvalue weighted by Crippen LogP contribution is 2.22. The molecule has 1 aliphatic heterocycles. The number of pyridine rings is 1. The van der Waals surface area contributed by atoms with Gasteiger partial charge in [0.05, 0.1) is 0 Å². The van der Waals surface area contributed by atoms with E-state index in [1.54, 1.807) is 16.8 Å². The van der Waals surface area contributed by atoms with Crippen molar-refractivity contribution in [1.29, 1.82) is 0 Å². The van der Waals surface area contributed by atoms with Crippen molar-refractivity contribution < 1.29 is 4.74 Å². The number of nitrogens with two attached hydrogens (primary N) is 1. The molecule has 0 fully saturated rings. The van der Waals surface area contributed by atoms with Crippen LogP contribution in [0.3, 0.4) is 0 Å². The van der Waals surface area contributed by atoms with Crippen LogP contribution in [0.15, 0.2) is 47.4 Å². The van der Waals surface area contributed by atoms with Gasteiger partial charge in [-0.05, 0) is 12.1 Å². The maximum atomic E-state index is 11.8. The molecule has 21 heavy (non-hydrogen) atoms. The first-order valence-electron chi connectivity index (χ1n) is 7.11. The van der Waals surface area contributed by atoms with Crippen LogP contribution < -0.4 is 16.0 Å². The van der Waals surface area contributed by atoms with Gasteiger partial charge in [0.15, 0.2) is 0 Å². The number of hydrogen-bond donors (Lipinski definition) is 1. The van der Waals surface area contributed by atoms with E-state index in [1.165, 1.54) is 11.6 Å². The van der Waals surface area contributed by atoms with Crippen LogP contribution in [0.5, 0.6) is 5.75 Å². The van der Waals surface area contributed by atoms with Gasteiger partial charge in [0, 0.05) is 49.7 Å². The summed E-state index contributed by atoms with van der Waals surface area (Å²) >= 11 is 0. The molecular weight excluding hydrogens is 266 g/mol. The predicted molar refractivity (Wildman–Crippen MR) is 82.3 cm³/mol. The van der Waals surface area contributed by atoms with Crippen molar-refractivity contribution in [2.24, 2.45) is 0 Å². The van der Waals surface area contributed by atoms with E-state index in [-0.39, 0.29) is 5.56 Å². The first kappa shape index (κ1) is 13.7. The van der Waals surface area contributed by atoms with Gasteiger partial charge in [0.1, 0.15) is 12.4 Å². The summed E-state index contributed by atoms with van der Waals surface area (Å²) in [6, 6.07) is 11.2. The Bertz CT molecular complexity index is 681. The maximum Gasteiger partial charge on any atom is 0.250 e. The summed E-state index contributed by atoms with van der Waals surface area (Å²) in [5.74, 6) is 0.959. The molecule has 0 unspecified atom stereocenters. The van der Waals surface area contributed by atoms with Gasteiger partial charge in [-0.2, -0.15) is 0 Å². The molecule has 1 aromatic carbocycles. The topological polar surface area (TPSA) is 60.5 Å². The van der Waals surface area contributed by atoms with Crippen LogP contribution in [0.1, 0.15) is 5.56 Å². The Hall–Kier alpha value is -2.27. The normalized spacial score (nSPS) is 15.0. The van der Waals surface area contributed by atoms with Crippen LogP contribution in [0.2, 0.25) is 0 Å². The van der Waals surface area contributed by atoms with Gasteiger partial charge in [-0.1, -0.05) is 18.2 Å². The Morgan fingerprint density at radius 1 is 1.14 bits per heavy atom. The summed E-state index contributed by atoms with van der Waals surface area (Å²) in [5, 5.41) is 0. The summed E-state index contributed by atoms with van der Waals surface area (Å²) < 4.78 is 7.40. The van der Waals surface area contributed by atoms with Crippen molar-refractivity contribution in [3.05, 3.63) is 58.5 Å². The van der Waals surface area contributed by atoms with E-state index in [0.717, 1.165) is 25.4 Å². The molecule has 3 rings (SSSR count). The zero-order valence-corrected chi connectivity index (χ0v) is 11.9. The van der Waals surface area contributed by atoms with Gasteiger partial charge in [-0.25, -0.2) is 0 Å². The van der Waals surface area contributed by atoms with E-state index in [4.69, 9.17) is 10.5 Å². The predicted octanol–water partition coefficient (Wildman–Crippen LogP) is 1.33. The third-order valence-corrected chi connectivity index (χ3v) is 3.70. The fraction of sp³-hybridized carbons (Fsp3) is 0.312. The zero-order chi connectivity index (χ0) is 14.7. The zero-order valence-electron chi connectivity index (χ0n) is 11.9. The minimum atomic E-state index is -0.0179. The fourth-order valence-electron chi connectivity index (χ4n) is 2.54. The van der Waals surface area contributed by atoms with E-state index in [9.17, 15) is 4.79 Å². The average molecular weight is 285 g/mol. The van der Waals surface area contributed by atoms with Gasteiger partial charge in [-0.3, -0.25) is 9.69 Å². The molecule has 0 spiro atoms. The summed E-state index contributed by atoms with van der Waals surface area (Å²) in [5.41, 5.74) is 7.51. The number of anilines is 1. The van der Waals surface area contributed by atoms with E-state index in [1.807, 2.05) is 18.2 Å². The molecule has 5 nitrogen and oxygen atoms in total. The summed E-state index contributed by atoms with van der Waals surface area (Å²) in [4.78, 5) is 14.1. The van der Waals surface area contributed by atoms with Crippen molar-refractivity contribution in [3.8, 4) is 5.75 Å². The van der Waals surface area contributed by atoms with Crippen LogP contribution in [0, 0.1) is 0 Å². The minimum Gasteiger partial charge on any atom is -0.492 e. The quantitative estimate of drug-likeness (QED) is 0.924. The highest BCUT2D eigenvalue weighted by molar-refractivity contribution is 5.34. The Morgan fingerprint density at radius 2 is 2.00 bits per heavy atom. The first-order chi connectivity index (χ1) is 10.2. The molecule has 0 radical (unpaired) electrons. The van der Waals surface area contributed by atoms with Gasteiger partial charge < -0.3 is 15.0 Å². The lowest BCUT2D eigenvalue weighted by Gasteiger charge is -2.19. The largest absolute Gasteiger partial charge is 0.492 e. The molecular formula is C16H19N3O2. The minimum absolute atomic E-state index is 0.0179.